The molecule has 2 rings (SSSR count). The first kappa shape index (κ1) is 8.78. The Bertz CT molecular complexity index is 381. The van der Waals surface area contributed by atoms with Crippen LogP contribution in [-0.2, 0) is 0 Å². The van der Waals surface area contributed by atoms with Crippen molar-refractivity contribution >= 4 is 23.1 Å². The number of benzene rings is 1. The van der Waals surface area contributed by atoms with Crippen molar-refractivity contribution in [2.24, 2.45) is 0 Å². The predicted molar refractivity (Wildman–Crippen MR) is 59.3 cm³/mol. The van der Waals surface area contributed by atoms with Crippen LogP contribution in [0, 0.1) is 0 Å². The minimum Gasteiger partial charge on any atom is -0.243 e. The molecule has 1 aromatic heterocycles. The SMILES string of the molecule is CSc1cnc(-c2ccccc2)s1. The van der Waals surface area contributed by atoms with Crippen LogP contribution in [0.2, 0.25) is 0 Å². The van der Waals surface area contributed by atoms with Crippen LogP contribution in [0.25, 0.3) is 10.6 Å². The molecule has 13 heavy (non-hydrogen) atoms. The Balaban J connectivity index is 2.36. The molecule has 0 N–H and O–H groups in total. The van der Waals surface area contributed by atoms with Crippen molar-refractivity contribution in [1.29, 1.82) is 0 Å². The van der Waals surface area contributed by atoms with Crippen molar-refractivity contribution in [2.75, 3.05) is 6.26 Å². The fourth-order valence-corrected chi connectivity index (χ4v) is 2.45. The van der Waals surface area contributed by atoms with E-state index in [1.807, 2.05) is 24.4 Å². The lowest BCUT2D eigenvalue weighted by molar-refractivity contribution is 1.37. The Morgan fingerprint density at radius 1 is 1.23 bits per heavy atom. The highest BCUT2D eigenvalue weighted by atomic mass is 32.2. The fourth-order valence-electron chi connectivity index (χ4n) is 1.07. The average molecular weight is 207 g/mol. The number of rotatable bonds is 2. The molecule has 0 aliphatic rings. The topological polar surface area (TPSA) is 12.9 Å². The molecule has 0 atom stereocenters. The van der Waals surface area contributed by atoms with Gasteiger partial charge >= 0.3 is 0 Å². The van der Waals surface area contributed by atoms with Gasteiger partial charge in [0, 0.05) is 5.56 Å². The van der Waals surface area contributed by atoms with E-state index < -0.39 is 0 Å². The van der Waals surface area contributed by atoms with Crippen LogP contribution < -0.4 is 0 Å². The first-order chi connectivity index (χ1) is 6.40. The lowest BCUT2D eigenvalue weighted by Gasteiger charge is -1.92. The van der Waals surface area contributed by atoms with E-state index in [1.54, 1.807) is 23.1 Å². The summed E-state index contributed by atoms with van der Waals surface area (Å²) in [5, 5.41) is 1.10. The first-order valence-corrected chi connectivity index (χ1v) is 5.99. The summed E-state index contributed by atoms with van der Waals surface area (Å²) in [6.45, 7) is 0. The molecule has 0 amide bonds. The maximum atomic E-state index is 4.35. The van der Waals surface area contributed by atoms with E-state index >= 15 is 0 Å². The van der Waals surface area contributed by atoms with Gasteiger partial charge in [-0.3, -0.25) is 0 Å². The molecule has 0 radical (unpaired) electrons. The molecule has 1 nitrogen and oxygen atoms in total. The van der Waals surface area contributed by atoms with Crippen molar-refractivity contribution < 1.29 is 0 Å². The van der Waals surface area contributed by atoms with Crippen molar-refractivity contribution in [3.05, 3.63) is 36.5 Å². The van der Waals surface area contributed by atoms with Gasteiger partial charge in [-0.15, -0.1) is 23.1 Å². The fraction of sp³-hybridized carbons (Fsp3) is 0.100. The normalized spacial score (nSPS) is 10.2. The van der Waals surface area contributed by atoms with Crippen LogP contribution in [0.3, 0.4) is 0 Å². The van der Waals surface area contributed by atoms with E-state index in [4.69, 9.17) is 0 Å². The average Bonchev–Trinajstić information content (AvgIpc) is 2.67. The minimum absolute atomic E-state index is 1.10. The maximum absolute atomic E-state index is 4.35. The summed E-state index contributed by atoms with van der Waals surface area (Å²) < 4.78 is 1.26. The molecule has 0 aliphatic carbocycles. The number of thiazole rings is 1. The van der Waals surface area contributed by atoms with Crippen LogP contribution >= 0.6 is 23.1 Å². The van der Waals surface area contributed by atoms with Gasteiger partial charge < -0.3 is 0 Å². The Morgan fingerprint density at radius 2 is 2.00 bits per heavy atom. The summed E-state index contributed by atoms with van der Waals surface area (Å²) in [6.07, 6.45) is 4.00. The molecular weight excluding hydrogens is 198 g/mol. The highest BCUT2D eigenvalue weighted by molar-refractivity contribution is 8.00. The van der Waals surface area contributed by atoms with Crippen LogP contribution in [0.1, 0.15) is 0 Å². The molecule has 0 saturated heterocycles. The maximum Gasteiger partial charge on any atom is 0.124 e. The summed E-state index contributed by atoms with van der Waals surface area (Å²) in [5.74, 6) is 0. The molecule has 1 heterocycles. The van der Waals surface area contributed by atoms with Crippen LogP contribution in [0.4, 0.5) is 0 Å². The summed E-state index contributed by atoms with van der Waals surface area (Å²) >= 11 is 3.48. The predicted octanol–water partition coefficient (Wildman–Crippen LogP) is 3.53. The lowest BCUT2D eigenvalue weighted by Crippen LogP contribution is -1.71. The number of hydrogen-bond donors (Lipinski definition) is 0. The van der Waals surface area contributed by atoms with Gasteiger partial charge in [0.1, 0.15) is 5.01 Å². The second-order valence-electron chi connectivity index (χ2n) is 2.55. The lowest BCUT2D eigenvalue weighted by atomic mass is 10.2. The number of hydrogen-bond acceptors (Lipinski definition) is 3. The molecule has 0 unspecified atom stereocenters. The monoisotopic (exact) mass is 207 g/mol. The molecule has 1 aromatic carbocycles. The van der Waals surface area contributed by atoms with Crippen LogP contribution in [0.15, 0.2) is 40.7 Å². The second-order valence-corrected chi connectivity index (χ2v) is 4.69. The van der Waals surface area contributed by atoms with E-state index in [9.17, 15) is 0 Å². The zero-order valence-corrected chi connectivity index (χ0v) is 8.86. The third-order valence-corrected chi connectivity index (χ3v) is 3.81. The molecule has 0 fully saturated rings. The van der Waals surface area contributed by atoms with Gasteiger partial charge in [-0.25, -0.2) is 4.98 Å². The quantitative estimate of drug-likeness (QED) is 0.699. The van der Waals surface area contributed by atoms with E-state index in [0.29, 0.717) is 0 Å². The Hall–Kier alpha value is -0.800. The second kappa shape index (κ2) is 3.94. The zero-order valence-electron chi connectivity index (χ0n) is 7.23. The summed E-state index contributed by atoms with van der Waals surface area (Å²) in [7, 11) is 0. The van der Waals surface area contributed by atoms with E-state index in [0.717, 1.165) is 5.01 Å². The molecular formula is C10H9NS2. The number of aromatic nitrogens is 1. The molecule has 0 saturated carbocycles. The van der Waals surface area contributed by atoms with E-state index in [2.05, 4.69) is 23.4 Å². The molecule has 2 aromatic rings. The summed E-state index contributed by atoms with van der Waals surface area (Å²) in [4.78, 5) is 4.35. The minimum atomic E-state index is 1.10. The largest absolute Gasteiger partial charge is 0.243 e. The van der Waals surface area contributed by atoms with Gasteiger partial charge in [0.05, 0.1) is 10.4 Å². The zero-order chi connectivity index (χ0) is 9.10. The third kappa shape index (κ3) is 1.92. The van der Waals surface area contributed by atoms with Gasteiger partial charge in [0.15, 0.2) is 0 Å². The van der Waals surface area contributed by atoms with E-state index in [-0.39, 0.29) is 0 Å². The van der Waals surface area contributed by atoms with E-state index in [1.165, 1.54) is 9.77 Å². The van der Waals surface area contributed by atoms with Crippen molar-refractivity contribution in [2.45, 2.75) is 4.21 Å². The van der Waals surface area contributed by atoms with Crippen molar-refractivity contribution in [3.63, 3.8) is 0 Å². The Morgan fingerprint density at radius 3 is 2.62 bits per heavy atom. The van der Waals surface area contributed by atoms with Gasteiger partial charge in [-0.1, -0.05) is 30.3 Å². The van der Waals surface area contributed by atoms with Gasteiger partial charge in [-0.05, 0) is 6.26 Å². The Kier molecular flexibility index (Phi) is 2.66. The van der Waals surface area contributed by atoms with Gasteiger partial charge in [0.25, 0.3) is 0 Å². The van der Waals surface area contributed by atoms with Crippen molar-refractivity contribution in [3.8, 4) is 10.6 Å². The summed E-state index contributed by atoms with van der Waals surface area (Å²) in [6, 6.07) is 10.3. The van der Waals surface area contributed by atoms with Gasteiger partial charge in [-0.2, -0.15) is 0 Å². The van der Waals surface area contributed by atoms with Crippen LogP contribution in [-0.4, -0.2) is 11.2 Å². The molecule has 0 spiro atoms. The van der Waals surface area contributed by atoms with Crippen LogP contribution in [0.5, 0.6) is 0 Å². The smallest absolute Gasteiger partial charge is 0.124 e. The number of nitrogens with zero attached hydrogens (tertiary/aromatic N) is 1. The first-order valence-electron chi connectivity index (χ1n) is 3.95. The molecule has 66 valence electrons. The van der Waals surface area contributed by atoms with Crippen molar-refractivity contribution in [1.82, 2.24) is 4.98 Å². The molecule has 3 heteroatoms. The highest BCUT2D eigenvalue weighted by Gasteiger charge is 2.01. The third-order valence-electron chi connectivity index (χ3n) is 1.71. The summed E-state index contributed by atoms with van der Waals surface area (Å²) in [5.41, 5.74) is 1.20. The van der Waals surface area contributed by atoms with Gasteiger partial charge in [0.2, 0.25) is 0 Å². The standard InChI is InChI=1S/C10H9NS2/c1-12-9-7-11-10(13-9)8-5-3-2-4-6-8/h2-7H,1H3. The highest BCUT2D eigenvalue weighted by Crippen LogP contribution is 2.29. The molecule has 0 aliphatic heterocycles. The molecule has 0 bridgehead atoms. The number of thioether (sulfide) groups is 1. The Labute approximate surface area is 85.8 Å².